The molecule has 0 N–H and O–H groups in total. The van der Waals surface area contributed by atoms with Gasteiger partial charge in [-0.3, -0.25) is 0 Å². The van der Waals surface area contributed by atoms with Crippen molar-refractivity contribution in [2.75, 3.05) is 13.7 Å². The molecule has 2 aromatic carbocycles. The monoisotopic (exact) mass is 418 g/mol. The maximum Gasteiger partial charge on any atom is 0.359 e. The SMILES string of the molecule is CCOC(=O)c1nn(-c2ccc(Cl)cc2Cl)c2c1COc1cc(OC)ccc1-2. The third-order valence-corrected chi connectivity index (χ3v) is 4.94. The topological polar surface area (TPSA) is 62.6 Å². The molecule has 0 bridgehead atoms. The standard InChI is InChI=1S/C20H16Cl2N2O4/c1-3-27-20(25)18-14-10-28-17-9-12(26-2)5-6-13(17)19(14)24(23-18)16-7-4-11(21)8-15(16)22/h4-9H,3,10H2,1-2H3. The van der Waals surface area contributed by atoms with Crippen LogP contribution < -0.4 is 9.47 Å². The van der Waals surface area contributed by atoms with Crippen LogP contribution in [0.15, 0.2) is 36.4 Å². The highest BCUT2D eigenvalue weighted by Crippen LogP contribution is 2.42. The van der Waals surface area contributed by atoms with Crippen LogP contribution in [0, 0.1) is 0 Å². The fourth-order valence-corrected chi connectivity index (χ4v) is 3.64. The van der Waals surface area contributed by atoms with Gasteiger partial charge in [0.1, 0.15) is 18.1 Å². The molecule has 0 aliphatic carbocycles. The van der Waals surface area contributed by atoms with E-state index in [1.165, 1.54) is 0 Å². The van der Waals surface area contributed by atoms with Gasteiger partial charge in [0.05, 0.1) is 35.7 Å². The van der Waals surface area contributed by atoms with Gasteiger partial charge in [-0.2, -0.15) is 5.10 Å². The Labute approximate surface area is 171 Å². The van der Waals surface area contributed by atoms with Gasteiger partial charge in [-0.25, -0.2) is 9.48 Å². The van der Waals surface area contributed by atoms with E-state index in [1.54, 1.807) is 43.0 Å². The predicted molar refractivity (Wildman–Crippen MR) is 106 cm³/mol. The van der Waals surface area contributed by atoms with Crippen LogP contribution in [-0.2, 0) is 11.3 Å². The van der Waals surface area contributed by atoms with Crippen LogP contribution in [0.4, 0.5) is 0 Å². The molecule has 6 nitrogen and oxygen atoms in total. The van der Waals surface area contributed by atoms with E-state index in [2.05, 4.69) is 5.10 Å². The maximum atomic E-state index is 12.5. The van der Waals surface area contributed by atoms with Crippen molar-refractivity contribution in [1.29, 1.82) is 0 Å². The van der Waals surface area contributed by atoms with Gasteiger partial charge in [0.25, 0.3) is 0 Å². The van der Waals surface area contributed by atoms with E-state index >= 15 is 0 Å². The quantitative estimate of drug-likeness (QED) is 0.562. The van der Waals surface area contributed by atoms with Crippen molar-refractivity contribution in [3.63, 3.8) is 0 Å². The van der Waals surface area contributed by atoms with Crippen LogP contribution in [0.25, 0.3) is 16.9 Å². The molecule has 0 spiro atoms. The molecule has 0 radical (unpaired) electrons. The zero-order valence-corrected chi connectivity index (χ0v) is 16.7. The molecule has 0 saturated carbocycles. The van der Waals surface area contributed by atoms with E-state index in [9.17, 15) is 4.79 Å². The summed E-state index contributed by atoms with van der Waals surface area (Å²) >= 11 is 12.5. The van der Waals surface area contributed by atoms with E-state index in [1.807, 2.05) is 12.1 Å². The highest BCUT2D eigenvalue weighted by Gasteiger charge is 2.31. The number of carbonyl (C=O) groups is 1. The van der Waals surface area contributed by atoms with E-state index in [0.717, 1.165) is 11.3 Å². The molecule has 1 aromatic heterocycles. The number of fused-ring (bicyclic) bond motifs is 3. The van der Waals surface area contributed by atoms with Crippen LogP contribution in [-0.4, -0.2) is 29.5 Å². The van der Waals surface area contributed by atoms with E-state index in [0.29, 0.717) is 32.8 Å². The lowest BCUT2D eigenvalue weighted by Crippen LogP contribution is -2.12. The van der Waals surface area contributed by atoms with Gasteiger partial charge >= 0.3 is 5.97 Å². The summed E-state index contributed by atoms with van der Waals surface area (Å²) in [5, 5.41) is 5.44. The number of carbonyl (C=O) groups excluding carboxylic acids is 1. The number of aromatic nitrogens is 2. The number of halogens is 2. The molecule has 0 atom stereocenters. The Morgan fingerprint density at radius 1 is 1.25 bits per heavy atom. The van der Waals surface area contributed by atoms with Crippen LogP contribution >= 0.6 is 23.2 Å². The van der Waals surface area contributed by atoms with Crippen LogP contribution in [0.3, 0.4) is 0 Å². The third kappa shape index (κ3) is 3.08. The highest BCUT2D eigenvalue weighted by atomic mass is 35.5. The third-order valence-electron chi connectivity index (χ3n) is 4.41. The fraction of sp³-hybridized carbons (Fsp3) is 0.200. The summed E-state index contributed by atoms with van der Waals surface area (Å²) in [6.45, 7) is 2.17. The molecule has 28 heavy (non-hydrogen) atoms. The summed E-state index contributed by atoms with van der Waals surface area (Å²) in [6, 6.07) is 10.6. The van der Waals surface area contributed by atoms with Crippen LogP contribution in [0.2, 0.25) is 10.0 Å². The second-order valence-corrected chi connectivity index (χ2v) is 6.90. The lowest BCUT2D eigenvalue weighted by atomic mass is 10.0. The van der Waals surface area contributed by atoms with Gasteiger partial charge in [-0.05, 0) is 37.3 Å². The largest absolute Gasteiger partial charge is 0.497 e. The molecular weight excluding hydrogens is 403 g/mol. The Balaban J connectivity index is 1.97. The Bertz CT molecular complexity index is 1080. The zero-order chi connectivity index (χ0) is 19.8. The van der Waals surface area contributed by atoms with Crippen molar-refractivity contribution in [2.45, 2.75) is 13.5 Å². The average molecular weight is 419 g/mol. The Hall–Kier alpha value is -2.70. The number of benzene rings is 2. The van der Waals surface area contributed by atoms with Gasteiger partial charge in [-0.15, -0.1) is 0 Å². The first kappa shape index (κ1) is 18.7. The maximum absolute atomic E-state index is 12.5. The second-order valence-electron chi connectivity index (χ2n) is 6.05. The first-order valence-electron chi connectivity index (χ1n) is 8.59. The summed E-state index contributed by atoms with van der Waals surface area (Å²) in [4.78, 5) is 12.5. The van der Waals surface area contributed by atoms with Gasteiger partial charge in [0.15, 0.2) is 5.69 Å². The number of hydrogen-bond acceptors (Lipinski definition) is 5. The summed E-state index contributed by atoms with van der Waals surface area (Å²) in [7, 11) is 1.59. The molecule has 1 aliphatic heterocycles. The van der Waals surface area contributed by atoms with E-state index in [4.69, 9.17) is 37.4 Å². The average Bonchev–Trinajstić information content (AvgIpc) is 3.07. The normalized spacial score (nSPS) is 12.0. The summed E-state index contributed by atoms with van der Waals surface area (Å²) in [5.41, 5.74) is 2.93. The highest BCUT2D eigenvalue weighted by molar-refractivity contribution is 6.35. The van der Waals surface area contributed by atoms with Gasteiger partial charge in [-0.1, -0.05) is 23.2 Å². The summed E-state index contributed by atoms with van der Waals surface area (Å²) in [5.74, 6) is 0.792. The van der Waals surface area contributed by atoms with Crippen molar-refractivity contribution in [1.82, 2.24) is 9.78 Å². The van der Waals surface area contributed by atoms with Crippen molar-refractivity contribution in [3.8, 4) is 28.4 Å². The Morgan fingerprint density at radius 3 is 2.79 bits per heavy atom. The molecule has 144 valence electrons. The number of methoxy groups -OCH3 is 1. The van der Waals surface area contributed by atoms with E-state index in [-0.39, 0.29) is 18.9 Å². The van der Waals surface area contributed by atoms with Gasteiger partial charge in [0.2, 0.25) is 0 Å². The minimum Gasteiger partial charge on any atom is -0.497 e. The Morgan fingerprint density at radius 2 is 2.07 bits per heavy atom. The first-order chi connectivity index (χ1) is 13.5. The minimum atomic E-state index is -0.511. The lowest BCUT2D eigenvalue weighted by Gasteiger charge is -2.20. The smallest absolute Gasteiger partial charge is 0.359 e. The Kier molecular flexibility index (Phi) is 4.91. The molecule has 0 unspecified atom stereocenters. The van der Waals surface area contributed by atoms with Crippen molar-refractivity contribution in [2.24, 2.45) is 0 Å². The number of hydrogen-bond donors (Lipinski definition) is 0. The molecule has 1 aliphatic rings. The van der Waals surface area contributed by atoms with Crippen molar-refractivity contribution >= 4 is 29.2 Å². The lowest BCUT2D eigenvalue weighted by molar-refractivity contribution is 0.0516. The fourth-order valence-electron chi connectivity index (χ4n) is 3.15. The second kappa shape index (κ2) is 7.37. The summed E-state index contributed by atoms with van der Waals surface area (Å²) in [6.07, 6.45) is 0. The first-order valence-corrected chi connectivity index (χ1v) is 9.34. The zero-order valence-electron chi connectivity index (χ0n) is 15.2. The van der Waals surface area contributed by atoms with E-state index < -0.39 is 5.97 Å². The number of rotatable bonds is 4. The predicted octanol–water partition coefficient (Wildman–Crippen LogP) is 4.92. The number of nitrogens with zero attached hydrogens (tertiary/aromatic N) is 2. The molecule has 0 amide bonds. The molecule has 4 rings (SSSR count). The number of esters is 1. The molecular formula is C20H16Cl2N2O4. The van der Waals surface area contributed by atoms with Crippen LogP contribution in [0.1, 0.15) is 23.0 Å². The van der Waals surface area contributed by atoms with Gasteiger partial charge in [0, 0.05) is 16.7 Å². The van der Waals surface area contributed by atoms with Crippen molar-refractivity contribution in [3.05, 3.63) is 57.7 Å². The summed E-state index contributed by atoms with van der Waals surface area (Å²) < 4.78 is 17.9. The van der Waals surface area contributed by atoms with Gasteiger partial charge < -0.3 is 14.2 Å². The van der Waals surface area contributed by atoms with Crippen LogP contribution in [0.5, 0.6) is 11.5 Å². The molecule has 8 heteroatoms. The molecule has 0 fully saturated rings. The minimum absolute atomic E-state index is 0.175. The molecule has 3 aromatic rings. The number of ether oxygens (including phenoxy) is 3. The molecule has 2 heterocycles. The molecule has 0 saturated heterocycles. The van der Waals surface area contributed by atoms with Crippen molar-refractivity contribution < 1.29 is 19.0 Å².